The van der Waals surface area contributed by atoms with Gasteiger partial charge in [-0.15, -0.1) is 11.3 Å². The number of hydrogen-bond donors (Lipinski definition) is 1. The minimum atomic E-state index is -0.00772. The molecule has 0 bridgehead atoms. The summed E-state index contributed by atoms with van der Waals surface area (Å²) >= 11 is 1.63. The molecule has 2 aromatic rings. The maximum Gasteiger partial charge on any atom is 0.251 e. The maximum atomic E-state index is 12.0. The van der Waals surface area contributed by atoms with E-state index in [1.807, 2.05) is 36.6 Å². The zero-order valence-electron chi connectivity index (χ0n) is 12.1. The van der Waals surface area contributed by atoms with Crippen molar-refractivity contribution < 1.29 is 4.79 Å². The number of amides is 1. The Morgan fingerprint density at radius 3 is 2.55 bits per heavy atom. The smallest absolute Gasteiger partial charge is 0.251 e. The van der Waals surface area contributed by atoms with Gasteiger partial charge in [-0.25, -0.2) is 4.98 Å². The second-order valence-electron chi connectivity index (χ2n) is 5.27. The second-order valence-corrected chi connectivity index (χ2v) is 6.33. The van der Waals surface area contributed by atoms with Crippen LogP contribution in [-0.4, -0.2) is 17.4 Å². The van der Waals surface area contributed by atoms with E-state index in [2.05, 4.69) is 24.1 Å². The Kier molecular flexibility index (Phi) is 4.90. The molecule has 0 aliphatic rings. The van der Waals surface area contributed by atoms with Crippen LogP contribution in [0.25, 0.3) is 11.3 Å². The average molecular weight is 288 g/mol. The Hall–Kier alpha value is -1.68. The van der Waals surface area contributed by atoms with Crippen molar-refractivity contribution in [2.75, 3.05) is 6.54 Å². The molecule has 0 aliphatic carbocycles. The van der Waals surface area contributed by atoms with Gasteiger partial charge in [0.05, 0.1) is 10.7 Å². The largest absolute Gasteiger partial charge is 0.352 e. The van der Waals surface area contributed by atoms with E-state index >= 15 is 0 Å². The van der Waals surface area contributed by atoms with Gasteiger partial charge in [-0.05, 0) is 31.4 Å². The molecule has 1 amide bonds. The van der Waals surface area contributed by atoms with Gasteiger partial charge >= 0.3 is 0 Å². The van der Waals surface area contributed by atoms with Gasteiger partial charge in [-0.2, -0.15) is 0 Å². The number of carbonyl (C=O) groups is 1. The molecule has 2 rings (SSSR count). The van der Waals surface area contributed by atoms with Gasteiger partial charge in [0.1, 0.15) is 0 Å². The first-order valence-corrected chi connectivity index (χ1v) is 7.75. The molecule has 4 heteroatoms. The van der Waals surface area contributed by atoms with Crippen LogP contribution in [0, 0.1) is 12.8 Å². The van der Waals surface area contributed by atoms with Gasteiger partial charge in [-0.3, -0.25) is 4.79 Å². The van der Waals surface area contributed by atoms with E-state index in [4.69, 9.17) is 0 Å². The molecule has 0 aliphatic heterocycles. The van der Waals surface area contributed by atoms with Gasteiger partial charge in [0.25, 0.3) is 5.91 Å². The van der Waals surface area contributed by atoms with Crippen molar-refractivity contribution in [1.82, 2.24) is 10.3 Å². The van der Waals surface area contributed by atoms with E-state index in [1.165, 1.54) is 0 Å². The number of carbonyl (C=O) groups excluding carboxylic acids is 1. The van der Waals surface area contributed by atoms with Gasteiger partial charge in [0.2, 0.25) is 0 Å². The molecule has 3 nitrogen and oxygen atoms in total. The molecule has 1 N–H and O–H groups in total. The van der Waals surface area contributed by atoms with Gasteiger partial charge < -0.3 is 5.32 Å². The van der Waals surface area contributed by atoms with Gasteiger partial charge in [-0.1, -0.05) is 26.0 Å². The Labute approximate surface area is 124 Å². The van der Waals surface area contributed by atoms with Crippen molar-refractivity contribution in [1.29, 1.82) is 0 Å². The Balaban J connectivity index is 1.99. The zero-order valence-corrected chi connectivity index (χ0v) is 13.0. The first kappa shape index (κ1) is 14.7. The lowest BCUT2D eigenvalue weighted by Crippen LogP contribution is -2.25. The highest BCUT2D eigenvalue weighted by molar-refractivity contribution is 7.09. The molecule has 0 saturated carbocycles. The summed E-state index contributed by atoms with van der Waals surface area (Å²) in [5, 5.41) is 6.03. The van der Waals surface area contributed by atoms with Crippen molar-refractivity contribution in [3.05, 3.63) is 40.2 Å². The molecule has 1 heterocycles. The number of nitrogens with one attached hydrogen (secondary N) is 1. The standard InChI is InChI=1S/C16H20N2OS/c1-11(2)8-9-17-16(19)14-6-4-13(5-7-14)15-10-20-12(3)18-15/h4-7,10-11H,8-9H2,1-3H3,(H,17,19). The first-order valence-electron chi connectivity index (χ1n) is 6.87. The highest BCUT2D eigenvalue weighted by Gasteiger charge is 2.07. The first-order chi connectivity index (χ1) is 9.56. The van der Waals surface area contributed by atoms with E-state index < -0.39 is 0 Å². The van der Waals surface area contributed by atoms with Crippen LogP contribution >= 0.6 is 11.3 Å². The summed E-state index contributed by atoms with van der Waals surface area (Å²) in [4.78, 5) is 16.4. The third kappa shape index (κ3) is 3.90. The third-order valence-electron chi connectivity index (χ3n) is 3.07. The van der Waals surface area contributed by atoms with Crippen LogP contribution < -0.4 is 5.32 Å². The van der Waals surface area contributed by atoms with E-state index in [0.717, 1.165) is 29.2 Å². The lowest BCUT2D eigenvalue weighted by molar-refractivity contribution is 0.0952. The lowest BCUT2D eigenvalue weighted by atomic mass is 10.1. The molecule has 0 fully saturated rings. The normalized spacial score (nSPS) is 10.8. The van der Waals surface area contributed by atoms with Crippen LogP contribution in [0.2, 0.25) is 0 Å². The zero-order chi connectivity index (χ0) is 14.5. The Bertz CT molecular complexity index is 572. The minimum absolute atomic E-state index is 0.00772. The van der Waals surface area contributed by atoms with Crippen LogP contribution in [0.5, 0.6) is 0 Å². The minimum Gasteiger partial charge on any atom is -0.352 e. The predicted octanol–water partition coefficient (Wildman–Crippen LogP) is 3.89. The maximum absolute atomic E-state index is 12.0. The van der Waals surface area contributed by atoms with E-state index in [0.29, 0.717) is 11.5 Å². The van der Waals surface area contributed by atoms with E-state index in [9.17, 15) is 4.79 Å². The van der Waals surface area contributed by atoms with Crippen LogP contribution in [0.1, 0.15) is 35.6 Å². The van der Waals surface area contributed by atoms with Gasteiger partial charge in [0.15, 0.2) is 0 Å². The summed E-state index contributed by atoms with van der Waals surface area (Å²) in [5.74, 6) is 0.595. The highest BCUT2D eigenvalue weighted by atomic mass is 32.1. The quantitative estimate of drug-likeness (QED) is 0.906. The van der Waals surface area contributed by atoms with Crippen molar-refractivity contribution in [3.8, 4) is 11.3 Å². The molecule has 0 spiro atoms. The van der Waals surface area contributed by atoms with Crippen LogP contribution in [0.15, 0.2) is 29.6 Å². The van der Waals surface area contributed by atoms with E-state index in [1.54, 1.807) is 11.3 Å². The lowest BCUT2D eigenvalue weighted by Gasteiger charge is -2.07. The fourth-order valence-corrected chi connectivity index (χ4v) is 2.49. The summed E-state index contributed by atoms with van der Waals surface area (Å²) in [6.45, 7) is 7.02. The van der Waals surface area contributed by atoms with Crippen molar-refractivity contribution in [3.63, 3.8) is 0 Å². The summed E-state index contributed by atoms with van der Waals surface area (Å²) in [5.41, 5.74) is 2.72. The molecule has 0 saturated heterocycles. The van der Waals surface area contributed by atoms with Crippen LogP contribution in [0.4, 0.5) is 0 Å². The summed E-state index contributed by atoms with van der Waals surface area (Å²) in [6, 6.07) is 7.61. The van der Waals surface area contributed by atoms with Crippen LogP contribution in [0.3, 0.4) is 0 Å². The second kappa shape index (κ2) is 6.66. The average Bonchev–Trinajstić information content (AvgIpc) is 2.85. The number of aromatic nitrogens is 1. The summed E-state index contributed by atoms with van der Waals surface area (Å²) in [6.07, 6.45) is 1.00. The van der Waals surface area contributed by atoms with Crippen LogP contribution in [-0.2, 0) is 0 Å². The number of rotatable bonds is 5. The predicted molar refractivity (Wildman–Crippen MR) is 84.1 cm³/mol. The van der Waals surface area contributed by atoms with Gasteiger partial charge in [0, 0.05) is 23.1 Å². The van der Waals surface area contributed by atoms with Crippen molar-refractivity contribution in [2.24, 2.45) is 5.92 Å². The number of benzene rings is 1. The molecule has 0 unspecified atom stereocenters. The Morgan fingerprint density at radius 1 is 1.30 bits per heavy atom. The fourth-order valence-electron chi connectivity index (χ4n) is 1.86. The molecule has 106 valence electrons. The van der Waals surface area contributed by atoms with E-state index in [-0.39, 0.29) is 5.91 Å². The number of hydrogen-bond acceptors (Lipinski definition) is 3. The fraction of sp³-hybridized carbons (Fsp3) is 0.375. The van der Waals surface area contributed by atoms with Crippen molar-refractivity contribution >= 4 is 17.2 Å². The SMILES string of the molecule is Cc1nc(-c2ccc(C(=O)NCCC(C)C)cc2)cs1. The third-order valence-corrected chi connectivity index (χ3v) is 3.84. The molecule has 20 heavy (non-hydrogen) atoms. The van der Waals surface area contributed by atoms with Crippen molar-refractivity contribution in [2.45, 2.75) is 27.2 Å². The monoisotopic (exact) mass is 288 g/mol. The summed E-state index contributed by atoms with van der Waals surface area (Å²) in [7, 11) is 0. The molecule has 0 atom stereocenters. The molecule has 1 aromatic carbocycles. The molecule has 1 aromatic heterocycles. The number of thiazole rings is 1. The molecule has 0 radical (unpaired) electrons. The molecular formula is C16H20N2OS. The Morgan fingerprint density at radius 2 is 2.00 bits per heavy atom. The highest BCUT2D eigenvalue weighted by Crippen LogP contribution is 2.21. The topological polar surface area (TPSA) is 42.0 Å². The number of nitrogens with zero attached hydrogens (tertiary/aromatic N) is 1. The molecular weight excluding hydrogens is 268 g/mol. The summed E-state index contributed by atoms with van der Waals surface area (Å²) < 4.78 is 0. The number of aryl methyl sites for hydroxylation is 1.